The average Bonchev–Trinajstić information content (AvgIpc) is 2.20. The minimum atomic E-state index is 0.978. The number of aromatic nitrogens is 1. The molecule has 1 aromatic heterocycles. The molecule has 0 saturated carbocycles. The van der Waals surface area contributed by atoms with E-state index < -0.39 is 0 Å². The van der Waals surface area contributed by atoms with Gasteiger partial charge in [-0.15, -0.1) is 0 Å². The number of pyridine rings is 1. The summed E-state index contributed by atoms with van der Waals surface area (Å²) in [6.07, 6.45) is 1.87. The Morgan fingerprint density at radius 3 is 2.69 bits per heavy atom. The van der Waals surface area contributed by atoms with E-state index in [1.165, 1.54) is 5.56 Å². The molecule has 1 heteroatoms. The average molecular weight is 168 g/mol. The van der Waals surface area contributed by atoms with E-state index in [0.29, 0.717) is 0 Å². The van der Waals surface area contributed by atoms with Crippen LogP contribution in [-0.2, 0) is 0 Å². The van der Waals surface area contributed by atoms with Crippen molar-refractivity contribution >= 4 is 0 Å². The fourth-order valence-electron chi connectivity index (χ4n) is 1.18. The van der Waals surface area contributed by atoms with E-state index in [1.54, 1.807) is 0 Å². The maximum Gasteiger partial charge on any atom is 0.0708 e. The van der Waals surface area contributed by atoms with Crippen LogP contribution in [-0.4, -0.2) is 4.98 Å². The van der Waals surface area contributed by atoms with E-state index in [2.05, 4.69) is 17.1 Å². The van der Waals surface area contributed by atoms with Gasteiger partial charge >= 0.3 is 0 Å². The molecular weight excluding hydrogens is 158 g/mol. The van der Waals surface area contributed by atoms with Gasteiger partial charge in [-0.25, -0.2) is 0 Å². The fraction of sp³-hybridized carbons (Fsp3) is 0.0833. The first kappa shape index (κ1) is 7.99. The summed E-state index contributed by atoms with van der Waals surface area (Å²) in [5.74, 6) is 0. The van der Waals surface area contributed by atoms with Crippen LogP contribution < -0.4 is 0 Å². The molecule has 0 amide bonds. The van der Waals surface area contributed by atoms with Crippen LogP contribution >= 0.6 is 0 Å². The van der Waals surface area contributed by atoms with E-state index in [4.69, 9.17) is 0 Å². The van der Waals surface area contributed by atoms with E-state index in [9.17, 15) is 0 Å². The second-order valence-electron chi connectivity index (χ2n) is 3.00. The van der Waals surface area contributed by atoms with Crippen LogP contribution in [0.4, 0.5) is 0 Å². The first-order chi connectivity index (χ1) is 6.36. The van der Waals surface area contributed by atoms with E-state index in [-0.39, 0.29) is 0 Å². The summed E-state index contributed by atoms with van der Waals surface area (Å²) in [6.45, 7) is 2.03. The quantitative estimate of drug-likeness (QED) is 0.638. The molecule has 0 aliphatic heterocycles. The molecule has 2 rings (SSSR count). The lowest BCUT2D eigenvalue weighted by Gasteiger charge is -1.99. The van der Waals surface area contributed by atoms with Gasteiger partial charge in [0.25, 0.3) is 0 Å². The summed E-state index contributed by atoms with van der Waals surface area (Å²) in [6, 6.07) is 15.1. The molecular formula is C12H10N. The van der Waals surface area contributed by atoms with Crippen molar-refractivity contribution in [2.45, 2.75) is 6.92 Å². The van der Waals surface area contributed by atoms with Gasteiger partial charge in [0.05, 0.1) is 5.69 Å². The molecule has 13 heavy (non-hydrogen) atoms. The van der Waals surface area contributed by atoms with E-state index >= 15 is 0 Å². The third-order valence-electron chi connectivity index (χ3n) is 1.90. The Labute approximate surface area is 78.1 Å². The van der Waals surface area contributed by atoms with Crippen LogP contribution in [0.25, 0.3) is 11.3 Å². The molecule has 0 bridgehead atoms. The molecule has 0 spiro atoms. The second-order valence-corrected chi connectivity index (χ2v) is 3.00. The summed E-state index contributed by atoms with van der Waals surface area (Å²) < 4.78 is 0. The first-order valence-electron chi connectivity index (χ1n) is 4.26. The Hall–Kier alpha value is -1.63. The highest BCUT2D eigenvalue weighted by Crippen LogP contribution is 2.14. The van der Waals surface area contributed by atoms with Crippen LogP contribution in [0.15, 0.2) is 42.6 Å². The zero-order chi connectivity index (χ0) is 9.10. The molecule has 0 fully saturated rings. The van der Waals surface area contributed by atoms with Gasteiger partial charge in [-0.05, 0) is 24.6 Å². The standard InChI is InChI=1S/C12H10N/c1-10-7-8-12(13-9-10)11-5-3-2-4-6-11/h2-5,7-9H,1H3. The number of hydrogen-bond donors (Lipinski definition) is 0. The summed E-state index contributed by atoms with van der Waals surface area (Å²) in [7, 11) is 0. The fourth-order valence-corrected chi connectivity index (χ4v) is 1.18. The zero-order valence-corrected chi connectivity index (χ0v) is 7.49. The first-order valence-corrected chi connectivity index (χ1v) is 4.26. The van der Waals surface area contributed by atoms with Gasteiger partial charge in [-0.3, -0.25) is 4.98 Å². The monoisotopic (exact) mass is 168 g/mol. The number of nitrogens with zero attached hydrogens (tertiary/aromatic N) is 1. The predicted octanol–water partition coefficient (Wildman–Crippen LogP) is 2.86. The Morgan fingerprint density at radius 2 is 2.08 bits per heavy atom. The second kappa shape index (κ2) is 3.40. The number of aryl methyl sites for hydroxylation is 1. The molecule has 2 aromatic rings. The van der Waals surface area contributed by atoms with Crippen molar-refractivity contribution in [3.8, 4) is 11.3 Å². The minimum Gasteiger partial charge on any atom is -0.256 e. The van der Waals surface area contributed by atoms with E-state index in [0.717, 1.165) is 11.3 Å². The van der Waals surface area contributed by atoms with Gasteiger partial charge in [0.15, 0.2) is 0 Å². The number of rotatable bonds is 1. The lowest BCUT2D eigenvalue weighted by atomic mass is 10.1. The van der Waals surface area contributed by atoms with Gasteiger partial charge in [0, 0.05) is 11.8 Å². The van der Waals surface area contributed by atoms with Gasteiger partial charge < -0.3 is 0 Å². The van der Waals surface area contributed by atoms with Crippen LogP contribution in [0.1, 0.15) is 5.56 Å². The molecule has 1 aromatic carbocycles. The minimum absolute atomic E-state index is 0.978. The number of benzene rings is 1. The number of hydrogen-bond acceptors (Lipinski definition) is 1. The third-order valence-corrected chi connectivity index (χ3v) is 1.90. The smallest absolute Gasteiger partial charge is 0.0708 e. The molecule has 1 nitrogen and oxygen atoms in total. The lowest BCUT2D eigenvalue weighted by molar-refractivity contribution is 1.27. The normalized spacial score (nSPS) is 9.92. The third kappa shape index (κ3) is 1.75. The Balaban J connectivity index is 2.42. The molecule has 0 saturated heterocycles. The molecule has 63 valence electrons. The van der Waals surface area contributed by atoms with Crippen molar-refractivity contribution in [2.24, 2.45) is 0 Å². The molecule has 0 aliphatic rings. The molecule has 0 atom stereocenters. The van der Waals surface area contributed by atoms with Crippen molar-refractivity contribution in [3.63, 3.8) is 0 Å². The molecule has 0 N–H and O–H groups in total. The molecule has 1 heterocycles. The van der Waals surface area contributed by atoms with Gasteiger partial charge in [-0.1, -0.05) is 30.3 Å². The maximum atomic E-state index is 4.32. The molecule has 1 radical (unpaired) electrons. The summed E-state index contributed by atoms with van der Waals surface area (Å²) >= 11 is 0. The van der Waals surface area contributed by atoms with Crippen LogP contribution in [0.5, 0.6) is 0 Å². The van der Waals surface area contributed by atoms with Crippen molar-refractivity contribution in [1.82, 2.24) is 4.98 Å². The SMILES string of the molecule is Cc1ccc(-c2[c]cccc2)nc1. The highest BCUT2D eigenvalue weighted by atomic mass is 14.7. The van der Waals surface area contributed by atoms with Crippen molar-refractivity contribution in [2.75, 3.05) is 0 Å². The van der Waals surface area contributed by atoms with Gasteiger partial charge in [-0.2, -0.15) is 0 Å². The maximum absolute atomic E-state index is 4.32. The lowest BCUT2D eigenvalue weighted by Crippen LogP contribution is -1.83. The van der Waals surface area contributed by atoms with Gasteiger partial charge in [0.2, 0.25) is 0 Å². The van der Waals surface area contributed by atoms with Crippen molar-refractivity contribution < 1.29 is 0 Å². The largest absolute Gasteiger partial charge is 0.256 e. The predicted molar refractivity (Wildman–Crippen MR) is 53.2 cm³/mol. The topological polar surface area (TPSA) is 12.9 Å². The van der Waals surface area contributed by atoms with E-state index in [1.807, 2.05) is 43.5 Å². The van der Waals surface area contributed by atoms with Crippen LogP contribution in [0, 0.1) is 13.0 Å². The van der Waals surface area contributed by atoms with Crippen molar-refractivity contribution in [1.29, 1.82) is 0 Å². The summed E-state index contributed by atoms with van der Waals surface area (Å²) in [5.41, 5.74) is 3.20. The van der Waals surface area contributed by atoms with Crippen LogP contribution in [0.2, 0.25) is 0 Å². The molecule has 0 unspecified atom stereocenters. The molecule has 0 aliphatic carbocycles. The Morgan fingerprint density at radius 1 is 1.15 bits per heavy atom. The summed E-state index contributed by atoms with van der Waals surface area (Å²) in [4.78, 5) is 4.32. The highest BCUT2D eigenvalue weighted by molar-refractivity contribution is 5.57. The summed E-state index contributed by atoms with van der Waals surface area (Å²) in [5, 5.41) is 0. The van der Waals surface area contributed by atoms with Crippen molar-refractivity contribution in [3.05, 3.63) is 54.2 Å². The van der Waals surface area contributed by atoms with Crippen LogP contribution in [0.3, 0.4) is 0 Å². The van der Waals surface area contributed by atoms with Gasteiger partial charge in [0.1, 0.15) is 0 Å². The Kier molecular flexibility index (Phi) is 2.09. The Bertz CT molecular complexity index is 376. The highest BCUT2D eigenvalue weighted by Gasteiger charge is 1.96. The zero-order valence-electron chi connectivity index (χ0n) is 7.49.